The van der Waals surface area contributed by atoms with E-state index in [4.69, 9.17) is 5.73 Å². The van der Waals surface area contributed by atoms with E-state index in [1.54, 1.807) is 11.3 Å². The Kier molecular flexibility index (Phi) is 3.37. The van der Waals surface area contributed by atoms with Crippen molar-refractivity contribution < 1.29 is 0 Å². The molecule has 0 amide bonds. The Hall–Kier alpha value is -1.63. The molecule has 2 aromatic heterocycles. The summed E-state index contributed by atoms with van der Waals surface area (Å²) in [6, 6.07) is 9.69. The Morgan fingerprint density at radius 2 is 1.95 bits per heavy atom. The Balaban J connectivity index is 1.89. The van der Waals surface area contributed by atoms with E-state index in [2.05, 4.69) is 15.2 Å². The number of aromatic nitrogens is 3. The largest absolute Gasteiger partial charge is 0.318 e. The van der Waals surface area contributed by atoms with E-state index < -0.39 is 0 Å². The third-order valence-corrected chi connectivity index (χ3v) is 4.51. The van der Waals surface area contributed by atoms with E-state index in [-0.39, 0.29) is 6.04 Å². The first-order chi connectivity index (χ1) is 9.24. The number of aryl methyl sites for hydroxylation is 1. The van der Waals surface area contributed by atoms with Gasteiger partial charge in [-0.2, -0.15) is 0 Å². The van der Waals surface area contributed by atoms with Gasteiger partial charge in [-0.15, -0.1) is 21.5 Å². The highest BCUT2D eigenvalue weighted by molar-refractivity contribution is 7.15. The Morgan fingerprint density at radius 3 is 2.63 bits per heavy atom. The van der Waals surface area contributed by atoms with Crippen molar-refractivity contribution in [3.8, 4) is 10.7 Å². The highest BCUT2D eigenvalue weighted by Crippen LogP contribution is 2.29. The summed E-state index contributed by atoms with van der Waals surface area (Å²) in [5.41, 5.74) is 8.13. The predicted molar refractivity (Wildman–Crippen MR) is 78.2 cm³/mol. The van der Waals surface area contributed by atoms with Gasteiger partial charge in [0.1, 0.15) is 10.7 Å². The van der Waals surface area contributed by atoms with Crippen LogP contribution in [0.4, 0.5) is 0 Å². The number of nitrogens with zero attached hydrogens (tertiary/aromatic N) is 3. The van der Waals surface area contributed by atoms with E-state index in [0.717, 1.165) is 26.3 Å². The van der Waals surface area contributed by atoms with Crippen molar-refractivity contribution in [2.75, 3.05) is 0 Å². The predicted octanol–water partition coefficient (Wildman–Crippen LogP) is 3.02. The molecule has 0 aliphatic rings. The molecule has 0 saturated heterocycles. The summed E-state index contributed by atoms with van der Waals surface area (Å²) >= 11 is 3.11. The quantitative estimate of drug-likeness (QED) is 0.804. The van der Waals surface area contributed by atoms with Gasteiger partial charge in [-0.05, 0) is 12.5 Å². The van der Waals surface area contributed by atoms with Crippen molar-refractivity contribution >= 4 is 22.7 Å². The molecule has 3 rings (SSSR count). The molecule has 3 aromatic rings. The zero-order chi connectivity index (χ0) is 13.2. The van der Waals surface area contributed by atoms with Crippen LogP contribution in [0.3, 0.4) is 0 Å². The first kappa shape index (κ1) is 12.4. The number of hydrogen-bond donors (Lipinski definition) is 1. The van der Waals surface area contributed by atoms with Crippen LogP contribution in [0.25, 0.3) is 10.7 Å². The summed E-state index contributed by atoms with van der Waals surface area (Å²) in [6.45, 7) is 1.98. The number of benzene rings is 1. The zero-order valence-corrected chi connectivity index (χ0v) is 11.9. The van der Waals surface area contributed by atoms with Crippen molar-refractivity contribution in [2.24, 2.45) is 5.73 Å². The summed E-state index contributed by atoms with van der Waals surface area (Å²) in [7, 11) is 0. The lowest BCUT2D eigenvalue weighted by Crippen LogP contribution is -2.11. The maximum absolute atomic E-state index is 6.20. The van der Waals surface area contributed by atoms with Crippen molar-refractivity contribution in [3.05, 3.63) is 51.3 Å². The molecule has 2 N–H and O–H groups in total. The van der Waals surface area contributed by atoms with Crippen LogP contribution in [0.1, 0.15) is 21.6 Å². The number of hydrogen-bond acceptors (Lipinski definition) is 6. The van der Waals surface area contributed by atoms with Gasteiger partial charge in [0.25, 0.3) is 0 Å². The molecular weight excluding hydrogens is 276 g/mol. The standard InChI is InChI=1S/C13H12N4S2/c1-8-15-10(7-18-8)12-16-17-13(19-12)11(14)9-5-3-2-4-6-9/h2-7,11H,14H2,1H3. The van der Waals surface area contributed by atoms with Crippen molar-refractivity contribution in [2.45, 2.75) is 13.0 Å². The zero-order valence-electron chi connectivity index (χ0n) is 10.3. The average Bonchev–Trinajstić information content (AvgIpc) is 3.07. The van der Waals surface area contributed by atoms with Crippen LogP contribution < -0.4 is 5.73 Å². The van der Waals surface area contributed by atoms with E-state index in [9.17, 15) is 0 Å². The van der Waals surface area contributed by atoms with Crippen LogP contribution in [0, 0.1) is 6.92 Å². The first-order valence-corrected chi connectivity index (χ1v) is 7.50. The Labute approximate surface area is 119 Å². The van der Waals surface area contributed by atoms with Gasteiger partial charge in [0, 0.05) is 5.38 Å². The second-order valence-electron chi connectivity index (χ2n) is 4.09. The summed E-state index contributed by atoms with van der Waals surface area (Å²) in [6.07, 6.45) is 0. The maximum Gasteiger partial charge on any atom is 0.167 e. The van der Waals surface area contributed by atoms with Gasteiger partial charge in [0.2, 0.25) is 0 Å². The normalized spacial score (nSPS) is 12.5. The third-order valence-electron chi connectivity index (χ3n) is 2.70. The van der Waals surface area contributed by atoms with E-state index in [1.165, 1.54) is 11.3 Å². The summed E-state index contributed by atoms with van der Waals surface area (Å²) in [5, 5.41) is 13.0. The Bertz CT molecular complexity index is 675. The summed E-state index contributed by atoms with van der Waals surface area (Å²) in [5.74, 6) is 0. The highest BCUT2D eigenvalue weighted by atomic mass is 32.1. The van der Waals surface area contributed by atoms with Crippen molar-refractivity contribution in [1.82, 2.24) is 15.2 Å². The van der Waals surface area contributed by atoms with Crippen LogP contribution in [0.15, 0.2) is 35.7 Å². The fourth-order valence-corrected chi connectivity index (χ4v) is 3.23. The molecule has 0 spiro atoms. The number of rotatable bonds is 3. The minimum atomic E-state index is -0.229. The average molecular weight is 288 g/mol. The van der Waals surface area contributed by atoms with Gasteiger partial charge in [0.05, 0.1) is 11.0 Å². The van der Waals surface area contributed by atoms with Gasteiger partial charge in [0.15, 0.2) is 5.01 Å². The van der Waals surface area contributed by atoms with Crippen LogP contribution in [0.2, 0.25) is 0 Å². The lowest BCUT2D eigenvalue weighted by Gasteiger charge is -2.06. The second-order valence-corrected chi connectivity index (χ2v) is 6.16. The molecule has 2 heterocycles. The van der Waals surface area contributed by atoms with Crippen LogP contribution in [0.5, 0.6) is 0 Å². The number of thiazole rings is 1. The summed E-state index contributed by atoms with van der Waals surface area (Å²) in [4.78, 5) is 4.41. The first-order valence-electron chi connectivity index (χ1n) is 5.80. The minimum absolute atomic E-state index is 0.229. The molecule has 96 valence electrons. The lowest BCUT2D eigenvalue weighted by molar-refractivity contribution is 0.830. The smallest absolute Gasteiger partial charge is 0.167 e. The molecule has 4 nitrogen and oxygen atoms in total. The lowest BCUT2D eigenvalue weighted by atomic mass is 10.1. The molecule has 19 heavy (non-hydrogen) atoms. The monoisotopic (exact) mass is 288 g/mol. The molecule has 0 bridgehead atoms. The number of nitrogens with two attached hydrogens (primary N) is 1. The summed E-state index contributed by atoms with van der Waals surface area (Å²) < 4.78 is 0. The van der Waals surface area contributed by atoms with E-state index in [1.807, 2.05) is 42.6 Å². The van der Waals surface area contributed by atoms with Crippen LogP contribution >= 0.6 is 22.7 Å². The maximum atomic E-state index is 6.20. The molecule has 1 aromatic carbocycles. The van der Waals surface area contributed by atoms with Gasteiger partial charge in [-0.1, -0.05) is 41.7 Å². The van der Waals surface area contributed by atoms with E-state index >= 15 is 0 Å². The fraction of sp³-hybridized carbons (Fsp3) is 0.154. The van der Waals surface area contributed by atoms with Gasteiger partial charge in [-0.25, -0.2) is 4.98 Å². The fourth-order valence-electron chi connectivity index (χ4n) is 1.73. The Morgan fingerprint density at radius 1 is 1.16 bits per heavy atom. The van der Waals surface area contributed by atoms with Crippen molar-refractivity contribution in [3.63, 3.8) is 0 Å². The van der Waals surface area contributed by atoms with Gasteiger partial charge < -0.3 is 5.73 Å². The molecule has 0 radical (unpaired) electrons. The van der Waals surface area contributed by atoms with E-state index in [0.29, 0.717) is 0 Å². The molecule has 6 heteroatoms. The SMILES string of the molecule is Cc1nc(-c2nnc(C(N)c3ccccc3)s2)cs1. The molecule has 0 saturated carbocycles. The molecule has 1 atom stereocenters. The van der Waals surface area contributed by atoms with Crippen LogP contribution in [-0.2, 0) is 0 Å². The topological polar surface area (TPSA) is 64.7 Å². The van der Waals surface area contributed by atoms with Gasteiger partial charge in [-0.3, -0.25) is 0 Å². The molecule has 0 aliphatic carbocycles. The highest BCUT2D eigenvalue weighted by Gasteiger charge is 2.16. The third kappa shape index (κ3) is 2.56. The second kappa shape index (κ2) is 5.16. The molecule has 1 unspecified atom stereocenters. The van der Waals surface area contributed by atoms with Crippen molar-refractivity contribution in [1.29, 1.82) is 0 Å². The molecule has 0 aliphatic heterocycles. The minimum Gasteiger partial charge on any atom is -0.318 e. The van der Waals surface area contributed by atoms with Crippen LogP contribution in [-0.4, -0.2) is 15.2 Å². The molecular formula is C13H12N4S2. The van der Waals surface area contributed by atoms with Gasteiger partial charge >= 0.3 is 0 Å². The molecule has 0 fully saturated rings.